The minimum atomic E-state index is -4.67. The van der Waals surface area contributed by atoms with Crippen LogP contribution in [0.2, 0.25) is 0 Å². The van der Waals surface area contributed by atoms with Crippen molar-refractivity contribution in [2.24, 2.45) is 16.5 Å². The lowest BCUT2D eigenvalue weighted by Gasteiger charge is -2.20. The van der Waals surface area contributed by atoms with Crippen molar-refractivity contribution in [1.29, 1.82) is 0 Å². The Morgan fingerprint density at radius 1 is 1.31 bits per heavy atom. The van der Waals surface area contributed by atoms with Gasteiger partial charge in [-0.05, 0) is 19.3 Å². The molecule has 6 N–H and O–H groups in total. The van der Waals surface area contributed by atoms with Gasteiger partial charge in [-0.3, -0.25) is 14.1 Å². The molecule has 1 aliphatic carbocycles. The van der Waals surface area contributed by atoms with E-state index < -0.39 is 10.4 Å². The monoisotopic (exact) mass is 211 g/mol. The van der Waals surface area contributed by atoms with Crippen LogP contribution in [0.15, 0.2) is 4.99 Å². The Morgan fingerprint density at radius 2 is 1.69 bits per heavy atom. The van der Waals surface area contributed by atoms with E-state index in [2.05, 4.69) is 4.99 Å². The van der Waals surface area contributed by atoms with Gasteiger partial charge in [0.2, 0.25) is 0 Å². The molecule has 0 aromatic carbocycles. The third-order valence-corrected chi connectivity index (χ3v) is 1.41. The molecule has 0 spiro atoms. The highest BCUT2D eigenvalue weighted by molar-refractivity contribution is 7.79. The van der Waals surface area contributed by atoms with E-state index in [0.717, 1.165) is 12.8 Å². The number of hydrogen-bond donors (Lipinski definition) is 4. The van der Waals surface area contributed by atoms with Gasteiger partial charge in [0.25, 0.3) is 0 Å². The van der Waals surface area contributed by atoms with Crippen molar-refractivity contribution in [2.45, 2.75) is 25.3 Å². The van der Waals surface area contributed by atoms with Crippen molar-refractivity contribution in [2.75, 3.05) is 0 Å². The SMILES string of the molecule is NC(N)=NC1CCC1.O=S(=O)(O)O. The van der Waals surface area contributed by atoms with E-state index in [0.29, 0.717) is 6.04 Å². The molecule has 7 nitrogen and oxygen atoms in total. The van der Waals surface area contributed by atoms with Crippen LogP contribution in [0.1, 0.15) is 19.3 Å². The van der Waals surface area contributed by atoms with Crippen LogP contribution in [0.3, 0.4) is 0 Å². The quantitative estimate of drug-likeness (QED) is 0.253. The summed E-state index contributed by atoms with van der Waals surface area (Å²) in [5, 5.41) is 0. The van der Waals surface area contributed by atoms with Crippen molar-refractivity contribution >= 4 is 16.4 Å². The molecule has 0 aliphatic heterocycles. The summed E-state index contributed by atoms with van der Waals surface area (Å²) in [4.78, 5) is 3.95. The van der Waals surface area contributed by atoms with Gasteiger partial charge in [0, 0.05) is 0 Å². The number of nitrogens with zero attached hydrogens (tertiary/aromatic N) is 1. The molecule has 8 heteroatoms. The molecule has 0 atom stereocenters. The summed E-state index contributed by atoms with van der Waals surface area (Å²) in [6.07, 6.45) is 3.61. The molecule has 0 bridgehead atoms. The summed E-state index contributed by atoms with van der Waals surface area (Å²) in [6, 6.07) is 0.444. The Hall–Kier alpha value is -0.860. The van der Waals surface area contributed by atoms with E-state index in [4.69, 9.17) is 29.0 Å². The lowest BCUT2D eigenvalue weighted by Crippen LogP contribution is -2.27. The zero-order valence-corrected chi connectivity index (χ0v) is 7.74. The molecule has 1 aliphatic rings. The summed E-state index contributed by atoms with van der Waals surface area (Å²) >= 11 is 0. The molecule has 0 radical (unpaired) electrons. The second-order valence-electron chi connectivity index (χ2n) is 2.59. The average molecular weight is 211 g/mol. The molecule has 1 fully saturated rings. The molecule has 0 saturated heterocycles. The maximum absolute atomic E-state index is 8.74. The standard InChI is InChI=1S/C5H11N3.H2O4S/c6-5(7)8-4-2-1-3-4;1-5(2,3)4/h4H,1-3H2,(H4,6,7,8);(H2,1,2,3,4). The Labute approximate surface area is 76.4 Å². The molecule has 0 heterocycles. The van der Waals surface area contributed by atoms with Gasteiger partial charge < -0.3 is 11.5 Å². The summed E-state index contributed by atoms with van der Waals surface area (Å²) in [7, 11) is -4.67. The lowest BCUT2D eigenvalue weighted by molar-refractivity contribution is 0.381. The number of nitrogens with two attached hydrogens (primary N) is 2. The van der Waals surface area contributed by atoms with Crippen LogP contribution in [-0.2, 0) is 10.4 Å². The zero-order valence-electron chi connectivity index (χ0n) is 6.92. The molecule has 1 saturated carbocycles. The first-order valence-electron chi connectivity index (χ1n) is 3.57. The van der Waals surface area contributed by atoms with E-state index in [1.807, 2.05) is 0 Å². The number of aliphatic imine (C=N–C) groups is 1. The summed E-state index contributed by atoms with van der Waals surface area (Å²) in [5.74, 6) is 0.231. The zero-order chi connectivity index (χ0) is 10.5. The summed E-state index contributed by atoms with van der Waals surface area (Å²) < 4.78 is 31.6. The fourth-order valence-corrected chi connectivity index (χ4v) is 0.727. The maximum atomic E-state index is 8.74. The molecular formula is C5H13N3O4S. The second kappa shape index (κ2) is 5.00. The van der Waals surface area contributed by atoms with Gasteiger partial charge in [-0.25, -0.2) is 0 Å². The molecule has 0 amide bonds. The molecule has 0 aromatic rings. The number of rotatable bonds is 1. The summed E-state index contributed by atoms with van der Waals surface area (Å²) in [6.45, 7) is 0. The van der Waals surface area contributed by atoms with Gasteiger partial charge in [0.15, 0.2) is 5.96 Å². The van der Waals surface area contributed by atoms with E-state index in [-0.39, 0.29) is 5.96 Å². The smallest absolute Gasteiger partial charge is 0.370 e. The van der Waals surface area contributed by atoms with Crippen LogP contribution in [0.25, 0.3) is 0 Å². The van der Waals surface area contributed by atoms with E-state index in [1.165, 1.54) is 6.42 Å². The first-order valence-corrected chi connectivity index (χ1v) is 4.97. The topological polar surface area (TPSA) is 139 Å². The minimum Gasteiger partial charge on any atom is -0.370 e. The van der Waals surface area contributed by atoms with Crippen LogP contribution < -0.4 is 11.5 Å². The van der Waals surface area contributed by atoms with Crippen LogP contribution in [0.5, 0.6) is 0 Å². The van der Waals surface area contributed by atoms with Gasteiger partial charge in [0.1, 0.15) is 0 Å². The van der Waals surface area contributed by atoms with Gasteiger partial charge in [-0.1, -0.05) is 0 Å². The van der Waals surface area contributed by atoms with Gasteiger partial charge in [-0.15, -0.1) is 0 Å². The van der Waals surface area contributed by atoms with Crippen LogP contribution in [0, 0.1) is 0 Å². The molecule has 13 heavy (non-hydrogen) atoms. The van der Waals surface area contributed by atoms with Crippen molar-refractivity contribution in [3.8, 4) is 0 Å². The number of hydrogen-bond acceptors (Lipinski definition) is 3. The van der Waals surface area contributed by atoms with E-state index >= 15 is 0 Å². The Kier molecular flexibility index (Phi) is 4.67. The van der Waals surface area contributed by atoms with Crippen molar-refractivity contribution in [3.05, 3.63) is 0 Å². The van der Waals surface area contributed by atoms with Gasteiger partial charge in [0.05, 0.1) is 6.04 Å². The predicted octanol–water partition coefficient (Wildman–Crippen LogP) is -0.840. The lowest BCUT2D eigenvalue weighted by atomic mass is 9.94. The van der Waals surface area contributed by atoms with E-state index in [9.17, 15) is 0 Å². The van der Waals surface area contributed by atoms with Crippen LogP contribution >= 0.6 is 0 Å². The van der Waals surface area contributed by atoms with Crippen LogP contribution in [0.4, 0.5) is 0 Å². The van der Waals surface area contributed by atoms with Crippen molar-refractivity contribution in [3.63, 3.8) is 0 Å². The molecular weight excluding hydrogens is 198 g/mol. The third-order valence-electron chi connectivity index (χ3n) is 1.41. The summed E-state index contributed by atoms with van der Waals surface area (Å²) in [5.41, 5.74) is 10.3. The second-order valence-corrected chi connectivity index (χ2v) is 3.48. The minimum absolute atomic E-state index is 0.231. The predicted molar refractivity (Wildman–Crippen MR) is 47.6 cm³/mol. The molecule has 78 valence electrons. The maximum Gasteiger partial charge on any atom is 0.394 e. The largest absolute Gasteiger partial charge is 0.394 e. The normalized spacial score (nSPS) is 16.5. The highest BCUT2D eigenvalue weighted by Gasteiger charge is 2.15. The molecule has 0 aromatic heterocycles. The molecule has 1 rings (SSSR count). The Morgan fingerprint density at radius 3 is 1.77 bits per heavy atom. The van der Waals surface area contributed by atoms with Crippen molar-refractivity contribution < 1.29 is 17.5 Å². The third kappa shape index (κ3) is 11.1. The van der Waals surface area contributed by atoms with Crippen LogP contribution in [-0.4, -0.2) is 29.5 Å². The van der Waals surface area contributed by atoms with E-state index in [1.54, 1.807) is 0 Å². The van der Waals surface area contributed by atoms with Crippen molar-refractivity contribution in [1.82, 2.24) is 0 Å². The fourth-order valence-electron chi connectivity index (χ4n) is 0.727. The Balaban J connectivity index is 0.000000252. The van der Waals surface area contributed by atoms with Gasteiger partial charge >= 0.3 is 10.4 Å². The van der Waals surface area contributed by atoms with Gasteiger partial charge in [-0.2, -0.15) is 8.42 Å². The highest BCUT2D eigenvalue weighted by Crippen LogP contribution is 2.21. The Bertz CT molecular complexity index is 258. The highest BCUT2D eigenvalue weighted by atomic mass is 32.3. The first kappa shape index (κ1) is 12.1. The number of guanidine groups is 1. The first-order chi connectivity index (χ1) is 5.79. The average Bonchev–Trinajstić information content (AvgIpc) is 1.74. The fraction of sp³-hybridized carbons (Fsp3) is 0.800. The molecule has 0 unspecified atom stereocenters.